The first kappa shape index (κ1) is 22.0. The molecule has 4 rings (SSSR count). The number of fused-ring (bicyclic) bond motifs is 1. The normalized spacial score (nSPS) is 13.1. The number of hydrogen-bond donors (Lipinski definition) is 1. The first-order valence-electron chi connectivity index (χ1n) is 10.2. The second kappa shape index (κ2) is 9.97. The minimum absolute atomic E-state index is 0.169. The molecular weight excluding hydrogens is 452 g/mol. The standard InChI is InChI=1S/C21H24N4O3S3/c1-3-28-20(27)18-14-8-4-5-9-15(14)31-19(18)22-17(26)12-30-21-24-23-16(25(21)2)11-13-7-6-10-29-13/h6-7,10H,3-5,8-9,11-12H2,1-2H3,(H,22,26). The van der Waals surface area contributed by atoms with Crippen LogP contribution in [0.25, 0.3) is 0 Å². The molecule has 0 aromatic carbocycles. The highest BCUT2D eigenvalue weighted by molar-refractivity contribution is 7.99. The van der Waals surface area contributed by atoms with Crippen LogP contribution in [0.1, 0.15) is 51.3 Å². The number of carbonyl (C=O) groups is 2. The maximum absolute atomic E-state index is 12.7. The molecule has 3 aromatic heterocycles. The SMILES string of the molecule is CCOC(=O)c1c(NC(=O)CSc2nnc(Cc3cccs3)n2C)sc2c1CCCC2. The molecule has 1 aliphatic rings. The van der Waals surface area contributed by atoms with Gasteiger partial charge < -0.3 is 14.6 Å². The largest absolute Gasteiger partial charge is 0.462 e. The average Bonchev–Trinajstić information content (AvgIpc) is 3.47. The van der Waals surface area contributed by atoms with Crippen LogP contribution in [0.5, 0.6) is 0 Å². The van der Waals surface area contributed by atoms with Crippen LogP contribution in [-0.4, -0.2) is 39.0 Å². The Morgan fingerprint density at radius 1 is 1.29 bits per heavy atom. The van der Waals surface area contributed by atoms with Gasteiger partial charge in [0.25, 0.3) is 0 Å². The van der Waals surface area contributed by atoms with Crippen LogP contribution in [-0.2, 0) is 35.8 Å². The lowest BCUT2D eigenvalue weighted by Crippen LogP contribution is -2.17. The molecule has 0 saturated heterocycles. The lowest BCUT2D eigenvalue weighted by atomic mass is 9.95. The molecule has 0 bridgehead atoms. The van der Waals surface area contributed by atoms with Crippen LogP contribution in [0.2, 0.25) is 0 Å². The van der Waals surface area contributed by atoms with Gasteiger partial charge in [-0.3, -0.25) is 4.79 Å². The van der Waals surface area contributed by atoms with Crippen molar-refractivity contribution in [1.82, 2.24) is 14.8 Å². The Morgan fingerprint density at radius 2 is 2.13 bits per heavy atom. The summed E-state index contributed by atoms with van der Waals surface area (Å²) in [5.41, 5.74) is 1.58. The van der Waals surface area contributed by atoms with Gasteiger partial charge in [0.2, 0.25) is 5.91 Å². The summed E-state index contributed by atoms with van der Waals surface area (Å²) in [6.45, 7) is 2.10. The highest BCUT2D eigenvalue weighted by atomic mass is 32.2. The minimum Gasteiger partial charge on any atom is -0.462 e. The fourth-order valence-electron chi connectivity index (χ4n) is 3.56. The molecule has 164 valence electrons. The average molecular weight is 477 g/mol. The van der Waals surface area contributed by atoms with E-state index in [1.807, 2.05) is 23.1 Å². The third-order valence-corrected chi connectivity index (χ3v) is 8.18. The Morgan fingerprint density at radius 3 is 2.90 bits per heavy atom. The third-order valence-electron chi connectivity index (χ3n) is 5.07. The van der Waals surface area contributed by atoms with E-state index >= 15 is 0 Å². The van der Waals surface area contributed by atoms with Crippen molar-refractivity contribution in [2.75, 3.05) is 17.7 Å². The Hall–Kier alpha value is -2.17. The summed E-state index contributed by atoms with van der Waals surface area (Å²) < 4.78 is 7.18. The van der Waals surface area contributed by atoms with Crippen molar-refractivity contribution < 1.29 is 14.3 Å². The first-order chi connectivity index (χ1) is 15.1. The Balaban J connectivity index is 1.42. The number of carbonyl (C=O) groups excluding carboxylic acids is 2. The van der Waals surface area contributed by atoms with Gasteiger partial charge in [0.1, 0.15) is 10.8 Å². The summed E-state index contributed by atoms with van der Waals surface area (Å²) >= 11 is 4.52. The molecule has 0 fully saturated rings. The molecule has 31 heavy (non-hydrogen) atoms. The summed E-state index contributed by atoms with van der Waals surface area (Å²) in [5.74, 6) is 0.532. The number of hydrogen-bond acceptors (Lipinski definition) is 8. The van der Waals surface area contributed by atoms with Crippen LogP contribution in [0.4, 0.5) is 5.00 Å². The van der Waals surface area contributed by atoms with E-state index < -0.39 is 0 Å². The zero-order valence-electron chi connectivity index (χ0n) is 17.5. The smallest absolute Gasteiger partial charge is 0.341 e. The van der Waals surface area contributed by atoms with Gasteiger partial charge in [-0.1, -0.05) is 17.8 Å². The van der Waals surface area contributed by atoms with Crippen LogP contribution < -0.4 is 5.32 Å². The predicted octanol–water partition coefficient (Wildman–Crippen LogP) is 4.32. The summed E-state index contributed by atoms with van der Waals surface area (Å²) in [6, 6.07) is 4.09. The second-order valence-electron chi connectivity index (χ2n) is 7.19. The Labute approximate surface area is 193 Å². The number of aryl methyl sites for hydroxylation is 1. The van der Waals surface area contributed by atoms with Gasteiger partial charge in [-0.05, 0) is 49.6 Å². The summed E-state index contributed by atoms with van der Waals surface area (Å²) in [5, 5.41) is 14.8. The molecule has 0 aliphatic heterocycles. The molecule has 0 unspecified atom stereocenters. The van der Waals surface area contributed by atoms with Crippen LogP contribution >= 0.6 is 34.4 Å². The molecule has 0 atom stereocenters. The molecule has 0 saturated carbocycles. The molecule has 1 amide bonds. The van der Waals surface area contributed by atoms with E-state index in [-0.39, 0.29) is 17.6 Å². The van der Waals surface area contributed by atoms with Gasteiger partial charge in [-0.15, -0.1) is 32.9 Å². The maximum Gasteiger partial charge on any atom is 0.341 e. The van der Waals surface area contributed by atoms with E-state index in [1.165, 1.54) is 32.9 Å². The lowest BCUT2D eigenvalue weighted by molar-refractivity contribution is -0.113. The van der Waals surface area contributed by atoms with E-state index in [9.17, 15) is 9.59 Å². The van der Waals surface area contributed by atoms with Crippen molar-refractivity contribution in [3.05, 3.63) is 44.2 Å². The van der Waals surface area contributed by atoms with Gasteiger partial charge in [0.05, 0.1) is 17.9 Å². The zero-order chi connectivity index (χ0) is 21.8. The number of nitrogens with one attached hydrogen (secondary N) is 1. The first-order valence-corrected chi connectivity index (χ1v) is 12.9. The molecule has 1 N–H and O–H groups in total. The van der Waals surface area contributed by atoms with Crippen molar-refractivity contribution >= 4 is 51.3 Å². The number of esters is 1. The summed E-state index contributed by atoms with van der Waals surface area (Å²) in [6.07, 6.45) is 4.69. The Kier molecular flexibility index (Phi) is 7.09. The van der Waals surface area contributed by atoms with Gasteiger partial charge in [-0.25, -0.2) is 4.79 Å². The van der Waals surface area contributed by atoms with Crippen molar-refractivity contribution in [2.45, 2.75) is 44.2 Å². The summed E-state index contributed by atoms with van der Waals surface area (Å²) in [4.78, 5) is 27.6. The molecule has 0 radical (unpaired) electrons. The molecule has 0 spiro atoms. The number of aromatic nitrogens is 3. The molecule has 10 heteroatoms. The number of anilines is 1. The van der Waals surface area contributed by atoms with Crippen molar-refractivity contribution in [2.24, 2.45) is 7.05 Å². The van der Waals surface area contributed by atoms with Crippen molar-refractivity contribution in [3.8, 4) is 0 Å². The molecule has 3 heterocycles. The van der Waals surface area contributed by atoms with E-state index in [1.54, 1.807) is 18.3 Å². The predicted molar refractivity (Wildman–Crippen MR) is 124 cm³/mol. The maximum atomic E-state index is 12.7. The van der Waals surface area contributed by atoms with Gasteiger partial charge in [0.15, 0.2) is 5.16 Å². The minimum atomic E-state index is -0.351. The topological polar surface area (TPSA) is 86.1 Å². The van der Waals surface area contributed by atoms with E-state index in [0.717, 1.165) is 43.5 Å². The van der Waals surface area contributed by atoms with E-state index in [2.05, 4.69) is 21.6 Å². The molecule has 3 aromatic rings. The van der Waals surface area contributed by atoms with Crippen LogP contribution in [0, 0.1) is 0 Å². The number of thioether (sulfide) groups is 1. The number of thiophene rings is 2. The van der Waals surface area contributed by atoms with Crippen molar-refractivity contribution in [3.63, 3.8) is 0 Å². The highest BCUT2D eigenvalue weighted by Crippen LogP contribution is 2.38. The Bertz CT molecular complexity index is 1070. The van der Waals surface area contributed by atoms with Crippen molar-refractivity contribution in [1.29, 1.82) is 0 Å². The number of nitrogens with zero attached hydrogens (tertiary/aromatic N) is 3. The second-order valence-corrected chi connectivity index (χ2v) is 10.3. The van der Waals surface area contributed by atoms with E-state index in [4.69, 9.17) is 4.74 Å². The quantitative estimate of drug-likeness (QED) is 0.385. The lowest BCUT2D eigenvalue weighted by Gasteiger charge is -2.12. The van der Waals surface area contributed by atoms with Gasteiger partial charge in [-0.2, -0.15) is 0 Å². The number of amides is 1. The number of ether oxygens (including phenoxy) is 1. The van der Waals surface area contributed by atoms with Gasteiger partial charge >= 0.3 is 5.97 Å². The highest BCUT2D eigenvalue weighted by Gasteiger charge is 2.27. The zero-order valence-corrected chi connectivity index (χ0v) is 19.9. The molecule has 7 nitrogen and oxygen atoms in total. The number of rotatable bonds is 8. The summed E-state index contributed by atoms with van der Waals surface area (Å²) in [7, 11) is 1.91. The molecule has 1 aliphatic carbocycles. The monoisotopic (exact) mass is 476 g/mol. The van der Waals surface area contributed by atoms with Gasteiger partial charge in [0, 0.05) is 23.2 Å². The van der Waals surface area contributed by atoms with Crippen LogP contribution in [0.15, 0.2) is 22.7 Å². The molecular formula is C21H24N4O3S3. The fraction of sp³-hybridized carbons (Fsp3) is 0.429. The van der Waals surface area contributed by atoms with E-state index in [0.29, 0.717) is 22.3 Å². The van der Waals surface area contributed by atoms with Crippen LogP contribution in [0.3, 0.4) is 0 Å². The third kappa shape index (κ3) is 5.02. The fourth-order valence-corrected chi connectivity index (χ4v) is 6.28.